The van der Waals surface area contributed by atoms with Gasteiger partial charge in [-0.1, -0.05) is 12.1 Å². The lowest BCUT2D eigenvalue weighted by molar-refractivity contribution is -0.136. The van der Waals surface area contributed by atoms with E-state index < -0.39 is 22.7 Å². The van der Waals surface area contributed by atoms with Crippen molar-refractivity contribution in [1.29, 1.82) is 0 Å². The molecular weight excluding hydrogens is 415 g/mol. The van der Waals surface area contributed by atoms with Crippen LogP contribution in [0.4, 0.5) is 13.2 Å². The summed E-state index contributed by atoms with van der Waals surface area (Å²) in [7, 11) is 1.68. The van der Waals surface area contributed by atoms with Crippen molar-refractivity contribution in [2.75, 3.05) is 0 Å². The summed E-state index contributed by atoms with van der Waals surface area (Å²) < 4.78 is 44.7. The van der Waals surface area contributed by atoms with E-state index in [0.29, 0.717) is 16.9 Å². The fourth-order valence-electron chi connectivity index (χ4n) is 3.35. The SMILES string of the molecule is Cc1cccc(-n2c(=S)[nH]c(=O)c3c(C(F)(F)F)cc(-c4cnn(C)c4C)nc32)c1. The summed E-state index contributed by atoms with van der Waals surface area (Å²) in [6.45, 7) is 3.58. The van der Waals surface area contributed by atoms with Gasteiger partial charge in [0.2, 0.25) is 0 Å². The van der Waals surface area contributed by atoms with Crippen molar-refractivity contribution < 1.29 is 13.2 Å². The standard InChI is InChI=1S/C20H16F3N5OS/c1-10-5-4-6-12(7-10)28-17-16(18(29)26-19(28)30)14(20(21,22)23)8-15(25-17)13-9-24-27(3)11(13)2/h4-9H,1-3H3,(H,26,29,30). The Kier molecular flexibility index (Phi) is 4.61. The average Bonchev–Trinajstić information content (AvgIpc) is 2.99. The second-order valence-corrected chi connectivity index (χ2v) is 7.34. The monoisotopic (exact) mass is 431 g/mol. The van der Waals surface area contributed by atoms with Crippen molar-refractivity contribution in [1.82, 2.24) is 24.3 Å². The minimum Gasteiger partial charge on any atom is -0.298 e. The molecule has 4 rings (SSSR count). The predicted octanol–water partition coefficient (Wildman–Crippen LogP) is 4.48. The Balaban J connectivity index is 2.21. The molecule has 1 N–H and O–H groups in total. The molecule has 0 amide bonds. The maximum Gasteiger partial charge on any atom is 0.417 e. The highest BCUT2D eigenvalue weighted by molar-refractivity contribution is 7.71. The number of alkyl halides is 3. The van der Waals surface area contributed by atoms with E-state index in [1.165, 1.54) is 10.8 Å². The zero-order valence-corrected chi connectivity index (χ0v) is 17.0. The van der Waals surface area contributed by atoms with Crippen LogP contribution in [0.15, 0.2) is 41.3 Å². The van der Waals surface area contributed by atoms with Gasteiger partial charge >= 0.3 is 6.18 Å². The molecule has 4 aromatic rings. The number of nitrogens with zero attached hydrogens (tertiary/aromatic N) is 4. The number of aromatic amines is 1. The van der Waals surface area contributed by atoms with Gasteiger partial charge in [-0.05, 0) is 49.8 Å². The van der Waals surface area contributed by atoms with Crippen molar-refractivity contribution in [3.8, 4) is 16.9 Å². The van der Waals surface area contributed by atoms with Gasteiger partial charge in [0.05, 0.1) is 28.5 Å². The van der Waals surface area contributed by atoms with Gasteiger partial charge in [-0.2, -0.15) is 18.3 Å². The van der Waals surface area contributed by atoms with E-state index in [4.69, 9.17) is 12.2 Å². The van der Waals surface area contributed by atoms with Crippen molar-refractivity contribution >= 4 is 23.3 Å². The van der Waals surface area contributed by atoms with Gasteiger partial charge in [0.1, 0.15) is 0 Å². The van der Waals surface area contributed by atoms with Gasteiger partial charge < -0.3 is 0 Å². The maximum atomic E-state index is 14.0. The molecule has 0 atom stereocenters. The molecule has 0 aliphatic heterocycles. The Morgan fingerprint density at radius 1 is 1.17 bits per heavy atom. The third-order valence-corrected chi connectivity index (χ3v) is 5.22. The molecule has 6 nitrogen and oxygen atoms in total. The lowest BCUT2D eigenvalue weighted by Gasteiger charge is -2.16. The van der Waals surface area contributed by atoms with Crippen LogP contribution in [0.1, 0.15) is 16.8 Å². The summed E-state index contributed by atoms with van der Waals surface area (Å²) in [4.78, 5) is 19.3. The summed E-state index contributed by atoms with van der Waals surface area (Å²) in [6.07, 6.45) is -3.32. The molecule has 0 saturated heterocycles. The molecule has 1 aromatic carbocycles. The first-order valence-electron chi connectivity index (χ1n) is 8.91. The van der Waals surface area contributed by atoms with E-state index in [2.05, 4.69) is 15.1 Å². The first-order valence-corrected chi connectivity index (χ1v) is 9.32. The third-order valence-electron chi connectivity index (χ3n) is 4.94. The number of hydrogen-bond acceptors (Lipinski definition) is 4. The van der Waals surface area contributed by atoms with E-state index in [-0.39, 0.29) is 16.1 Å². The number of aryl methyl sites for hydroxylation is 2. The number of pyridine rings is 1. The lowest BCUT2D eigenvalue weighted by Crippen LogP contribution is -2.20. The average molecular weight is 431 g/mol. The topological polar surface area (TPSA) is 68.5 Å². The number of H-pyrrole nitrogens is 1. The Labute approximate surface area is 173 Å². The number of fused-ring (bicyclic) bond motifs is 1. The second kappa shape index (κ2) is 6.91. The molecule has 0 spiro atoms. The van der Waals surface area contributed by atoms with Crippen LogP contribution in [0.25, 0.3) is 28.0 Å². The maximum absolute atomic E-state index is 14.0. The number of nitrogens with one attached hydrogen (secondary N) is 1. The molecule has 154 valence electrons. The highest BCUT2D eigenvalue weighted by Crippen LogP contribution is 2.36. The van der Waals surface area contributed by atoms with Crippen LogP contribution >= 0.6 is 12.2 Å². The number of aromatic nitrogens is 5. The molecule has 0 bridgehead atoms. The Morgan fingerprint density at radius 3 is 2.50 bits per heavy atom. The Bertz CT molecular complexity index is 1410. The van der Waals surface area contributed by atoms with Gasteiger partial charge in [-0.3, -0.25) is 19.0 Å². The smallest absolute Gasteiger partial charge is 0.298 e. The van der Waals surface area contributed by atoms with Gasteiger partial charge in [-0.15, -0.1) is 0 Å². The highest BCUT2D eigenvalue weighted by atomic mass is 32.1. The minimum absolute atomic E-state index is 0.0428. The number of benzene rings is 1. The van der Waals surface area contributed by atoms with E-state index in [1.54, 1.807) is 36.9 Å². The van der Waals surface area contributed by atoms with Crippen molar-refractivity contribution in [3.63, 3.8) is 0 Å². The predicted molar refractivity (Wildman–Crippen MR) is 109 cm³/mol. The molecule has 0 aliphatic rings. The number of halogens is 3. The van der Waals surface area contributed by atoms with Crippen LogP contribution in [0, 0.1) is 18.6 Å². The second-order valence-electron chi connectivity index (χ2n) is 6.95. The fourth-order valence-corrected chi connectivity index (χ4v) is 3.63. The van der Waals surface area contributed by atoms with Gasteiger partial charge in [0.15, 0.2) is 10.4 Å². The van der Waals surface area contributed by atoms with Gasteiger partial charge in [-0.25, -0.2) is 4.98 Å². The van der Waals surface area contributed by atoms with Crippen molar-refractivity contribution in [3.05, 3.63) is 68.5 Å². The van der Waals surface area contributed by atoms with Gasteiger partial charge in [0.25, 0.3) is 5.56 Å². The van der Waals surface area contributed by atoms with Crippen LogP contribution in [-0.2, 0) is 13.2 Å². The molecule has 0 radical (unpaired) electrons. The molecule has 30 heavy (non-hydrogen) atoms. The zero-order valence-electron chi connectivity index (χ0n) is 16.2. The largest absolute Gasteiger partial charge is 0.417 e. The normalized spacial score (nSPS) is 11.9. The van der Waals surface area contributed by atoms with E-state index in [9.17, 15) is 18.0 Å². The first kappa shape index (κ1) is 20.0. The molecule has 0 saturated carbocycles. The van der Waals surface area contributed by atoms with Crippen LogP contribution < -0.4 is 5.56 Å². The lowest BCUT2D eigenvalue weighted by atomic mass is 10.1. The Morgan fingerprint density at radius 2 is 1.90 bits per heavy atom. The Hall–Kier alpha value is -3.27. The van der Waals surface area contributed by atoms with Crippen LogP contribution in [-0.4, -0.2) is 24.3 Å². The first-order chi connectivity index (χ1) is 14.1. The van der Waals surface area contributed by atoms with Crippen molar-refractivity contribution in [2.24, 2.45) is 7.05 Å². The summed E-state index contributed by atoms with van der Waals surface area (Å²) in [6, 6.07) is 7.93. The fraction of sp³-hybridized carbons (Fsp3) is 0.200. The van der Waals surface area contributed by atoms with Crippen LogP contribution in [0.5, 0.6) is 0 Å². The summed E-state index contributed by atoms with van der Waals surface area (Å²) >= 11 is 5.29. The van der Waals surface area contributed by atoms with Gasteiger partial charge in [0, 0.05) is 18.3 Å². The van der Waals surface area contributed by atoms with Crippen LogP contribution in [0.3, 0.4) is 0 Å². The van der Waals surface area contributed by atoms with E-state index in [1.807, 2.05) is 13.0 Å². The molecule has 10 heteroatoms. The molecule has 0 unspecified atom stereocenters. The van der Waals surface area contributed by atoms with Crippen molar-refractivity contribution in [2.45, 2.75) is 20.0 Å². The zero-order chi connectivity index (χ0) is 21.8. The summed E-state index contributed by atoms with van der Waals surface area (Å²) in [5, 5.41) is 3.53. The molecule has 3 heterocycles. The molecule has 0 fully saturated rings. The summed E-state index contributed by atoms with van der Waals surface area (Å²) in [5.74, 6) is 0. The quantitative estimate of drug-likeness (QED) is 0.475. The molecule has 3 aromatic heterocycles. The number of rotatable bonds is 2. The molecule has 0 aliphatic carbocycles. The third kappa shape index (κ3) is 3.22. The molecular formula is C20H16F3N5OS. The summed E-state index contributed by atoms with van der Waals surface area (Å²) in [5.41, 5.74) is 0.333. The van der Waals surface area contributed by atoms with E-state index in [0.717, 1.165) is 11.6 Å². The van der Waals surface area contributed by atoms with E-state index >= 15 is 0 Å². The number of hydrogen-bond donors (Lipinski definition) is 1. The van der Waals surface area contributed by atoms with Crippen LogP contribution in [0.2, 0.25) is 0 Å². The highest BCUT2D eigenvalue weighted by Gasteiger charge is 2.36. The minimum atomic E-state index is -4.77.